The molecule has 0 saturated carbocycles. The van der Waals surface area contributed by atoms with Gasteiger partial charge in [0, 0.05) is 24.0 Å². The van der Waals surface area contributed by atoms with Gasteiger partial charge >= 0.3 is 0 Å². The second-order valence-corrected chi connectivity index (χ2v) is 10.6. The summed E-state index contributed by atoms with van der Waals surface area (Å²) >= 11 is 0. The van der Waals surface area contributed by atoms with E-state index in [2.05, 4.69) is 19.9 Å². The lowest BCUT2D eigenvalue weighted by Crippen LogP contribution is -2.52. The molecule has 8 nitrogen and oxygen atoms in total. The first-order chi connectivity index (χ1) is 14.9. The number of aryl methyl sites for hydroxylation is 1. The van der Waals surface area contributed by atoms with Gasteiger partial charge in [-0.15, -0.1) is 0 Å². The van der Waals surface area contributed by atoms with E-state index in [9.17, 15) is 13.5 Å². The van der Waals surface area contributed by atoms with Crippen LogP contribution in [0.5, 0.6) is 0 Å². The van der Waals surface area contributed by atoms with E-state index in [1.807, 2.05) is 6.92 Å². The summed E-state index contributed by atoms with van der Waals surface area (Å²) in [5.41, 5.74) is 2.50. The quantitative estimate of drug-likeness (QED) is 0.511. The molecule has 0 amide bonds. The molecule has 2 saturated heterocycles. The topological polar surface area (TPSA) is 102 Å². The zero-order valence-electron chi connectivity index (χ0n) is 17.1. The summed E-state index contributed by atoms with van der Waals surface area (Å²) in [4.78, 5) is 9.21. The number of imidazole rings is 1. The predicted octanol–water partition coefficient (Wildman–Crippen LogP) is 2.49. The Bertz CT molecular complexity index is 1420. The highest BCUT2D eigenvalue weighted by Crippen LogP contribution is 2.42. The zero-order chi connectivity index (χ0) is 21.4. The smallest absolute Gasteiger partial charge is 0.269 e. The van der Waals surface area contributed by atoms with Crippen LogP contribution < -0.4 is 5.32 Å². The molecule has 3 aromatic heterocycles. The number of aliphatic hydroxyl groups is 1. The van der Waals surface area contributed by atoms with Gasteiger partial charge in [0.1, 0.15) is 5.52 Å². The van der Waals surface area contributed by atoms with Gasteiger partial charge in [-0.05, 0) is 44.4 Å². The Morgan fingerprint density at radius 1 is 1.19 bits per heavy atom. The number of hydrogen-bond acceptors (Lipinski definition) is 6. The van der Waals surface area contributed by atoms with Crippen molar-refractivity contribution in [1.29, 1.82) is 0 Å². The lowest BCUT2D eigenvalue weighted by molar-refractivity contribution is 0.0506. The highest BCUT2D eigenvalue weighted by atomic mass is 32.2. The fourth-order valence-electron chi connectivity index (χ4n) is 5.27. The lowest BCUT2D eigenvalue weighted by Gasteiger charge is -2.38. The molecule has 5 heterocycles. The minimum absolute atomic E-state index is 0.223. The first-order valence-corrected chi connectivity index (χ1v) is 11.9. The molecule has 31 heavy (non-hydrogen) atoms. The number of benzene rings is 1. The highest BCUT2D eigenvalue weighted by Gasteiger charge is 2.47. The van der Waals surface area contributed by atoms with E-state index in [4.69, 9.17) is 0 Å². The largest absolute Gasteiger partial charge is 0.393 e. The van der Waals surface area contributed by atoms with E-state index >= 15 is 0 Å². The van der Waals surface area contributed by atoms with Gasteiger partial charge in [-0.1, -0.05) is 17.7 Å². The van der Waals surface area contributed by atoms with E-state index in [0.717, 1.165) is 35.7 Å². The van der Waals surface area contributed by atoms with Gasteiger partial charge in [0.05, 0.1) is 34.7 Å². The van der Waals surface area contributed by atoms with Gasteiger partial charge in [-0.2, -0.15) is 0 Å². The van der Waals surface area contributed by atoms with Gasteiger partial charge in [0.15, 0.2) is 5.65 Å². The molecule has 9 heteroatoms. The molecule has 2 aliphatic heterocycles. The third kappa shape index (κ3) is 2.70. The van der Waals surface area contributed by atoms with Gasteiger partial charge in [-0.25, -0.2) is 22.4 Å². The molecule has 4 aromatic rings. The first kappa shape index (κ1) is 19.0. The molecule has 1 aromatic carbocycles. The number of nitrogens with zero attached hydrogens (tertiary/aromatic N) is 4. The van der Waals surface area contributed by atoms with Gasteiger partial charge in [-0.3, -0.25) is 5.32 Å². The number of pyridine rings is 1. The van der Waals surface area contributed by atoms with Crippen molar-refractivity contribution in [2.24, 2.45) is 0 Å². The second-order valence-electron chi connectivity index (χ2n) is 8.78. The van der Waals surface area contributed by atoms with Gasteiger partial charge < -0.3 is 9.67 Å². The van der Waals surface area contributed by atoms with Crippen LogP contribution in [0.1, 0.15) is 31.2 Å². The summed E-state index contributed by atoms with van der Waals surface area (Å²) in [5.74, 6) is 0. The van der Waals surface area contributed by atoms with Crippen LogP contribution in [0, 0.1) is 6.92 Å². The normalized spacial score (nSPS) is 26.1. The summed E-state index contributed by atoms with van der Waals surface area (Å²) in [7, 11) is -3.78. The fraction of sp³-hybridized carbons (Fsp3) is 0.364. The molecule has 0 aliphatic carbocycles. The average molecular weight is 438 g/mol. The van der Waals surface area contributed by atoms with E-state index in [1.54, 1.807) is 49.1 Å². The number of aliphatic hydroxyl groups excluding tert-OH is 1. The molecule has 3 atom stereocenters. The molecule has 3 unspecified atom stereocenters. The maximum atomic E-state index is 13.3. The summed E-state index contributed by atoms with van der Waals surface area (Å²) in [6, 6.07) is 8.88. The Morgan fingerprint density at radius 3 is 2.81 bits per heavy atom. The predicted molar refractivity (Wildman–Crippen MR) is 116 cm³/mol. The van der Waals surface area contributed by atoms with E-state index < -0.39 is 15.7 Å². The molecule has 2 bridgehead atoms. The minimum atomic E-state index is -3.78. The number of fused-ring (bicyclic) bond motifs is 5. The maximum absolute atomic E-state index is 13.3. The Hall–Kier alpha value is -2.75. The average Bonchev–Trinajstić information content (AvgIpc) is 3.43. The molecular weight excluding hydrogens is 414 g/mol. The third-order valence-electron chi connectivity index (χ3n) is 6.73. The Morgan fingerprint density at radius 2 is 2.00 bits per heavy atom. The van der Waals surface area contributed by atoms with E-state index in [-0.39, 0.29) is 17.0 Å². The second kappa shape index (κ2) is 6.38. The molecule has 0 radical (unpaired) electrons. The summed E-state index contributed by atoms with van der Waals surface area (Å²) in [5, 5.41) is 14.8. The van der Waals surface area contributed by atoms with E-state index in [0.29, 0.717) is 17.6 Å². The van der Waals surface area contributed by atoms with Crippen molar-refractivity contribution in [1.82, 2.24) is 23.8 Å². The van der Waals surface area contributed by atoms with Crippen LogP contribution in [0.25, 0.3) is 22.1 Å². The number of hydrogen-bond donors (Lipinski definition) is 2. The molecule has 2 N–H and O–H groups in total. The molecule has 0 spiro atoms. The Labute approximate surface area is 179 Å². The number of nitrogens with one attached hydrogen (secondary N) is 1. The van der Waals surface area contributed by atoms with Crippen molar-refractivity contribution in [3.63, 3.8) is 0 Å². The van der Waals surface area contributed by atoms with Crippen molar-refractivity contribution in [3.8, 4) is 0 Å². The van der Waals surface area contributed by atoms with Gasteiger partial charge in [0.25, 0.3) is 10.0 Å². The highest BCUT2D eigenvalue weighted by molar-refractivity contribution is 7.90. The standard InChI is InChI=1S/C22H23N5O3S/c1-14-2-4-17(5-3-14)31(29,30)27-9-7-18-20-19(12-23-21(18)27)24-13-26(20)22-8-6-15(25-22)10-16(28)11-22/h2-5,7,9,12-13,15-16,25,28H,6,8,10-11H2,1H3. The summed E-state index contributed by atoms with van der Waals surface area (Å²) < 4.78 is 29.9. The van der Waals surface area contributed by atoms with Crippen molar-refractivity contribution in [2.45, 2.75) is 55.3 Å². The first-order valence-electron chi connectivity index (χ1n) is 10.5. The van der Waals surface area contributed by atoms with Crippen molar-refractivity contribution in [2.75, 3.05) is 0 Å². The van der Waals surface area contributed by atoms with E-state index in [1.165, 1.54) is 3.97 Å². The zero-order valence-corrected chi connectivity index (χ0v) is 17.9. The van der Waals surface area contributed by atoms with Crippen LogP contribution >= 0.6 is 0 Å². The Kier molecular flexibility index (Phi) is 3.91. The van der Waals surface area contributed by atoms with Crippen LogP contribution in [0.15, 0.2) is 53.9 Å². The Balaban J connectivity index is 1.55. The molecule has 160 valence electrons. The summed E-state index contributed by atoms with van der Waals surface area (Å²) in [6.07, 6.45) is 7.85. The van der Waals surface area contributed by atoms with Crippen LogP contribution in [-0.2, 0) is 15.7 Å². The van der Waals surface area contributed by atoms with Gasteiger partial charge in [0.2, 0.25) is 0 Å². The monoisotopic (exact) mass is 437 g/mol. The molecule has 2 fully saturated rings. The van der Waals surface area contributed by atoms with Crippen LogP contribution in [0.4, 0.5) is 0 Å². The third-order valence-corrected chi connectivity index (χ3v) is 8.41. The van der Waals surface area contributed by atoms with Crippen molar-refractivity contribution in [3.05, 3.63) is 54.6 Å². The fourth-order valence-corrected chi connectivity index (χ4v) is 6.57. The van der Waals surface area contributed by atoms with Crippen LogP contribution in [-0.4, -0.2) is 44.2 Å². The SMILES string of the molecule is Cc1ccc(S(=O)(=O)n2ccc3c4c(cnc32)ncn4C23CCC(CC(O)C2)N3)cc1. The number of aromatic nitrogens is 4. The maximum Gasteiger partial charge on any atom is 0.269 e. The van der Waals surface area contributed by atoms with Crippen LogP contribution in [0.3, 0.4) is 0 Å². The van der Waals surface area contributed by atoms with Crippen molar-refractivity contribution < 1.29 is 13.5 Å². The molecular formula is C22H23N5O3S. The molecule has 6 rings (SSSR count). The van der Waals surface area contributed by atoms with Crippen molar-refractivity contribution >= 4 is 32.1 Å². The molecule has 2 aliphatic rings. The van der Waals surface area contributed by atoms with Crippen LogP contribution in [0.2, 0.25) is 0 Å². The summed E-state index contributed by atoms with van der Waals surface area (Å²) in [6.45, 7) is 1.92. The minimum Gasteiger partial charge on any atom is -0.393 e. The number of rotatable bonds is 3. The number of piperidine rings is 1. The lowest BCUT2D eigenvalue weighted by atomic mass is 9.96.